The summed E-state index contributed by atoms with van der Waals surface area (Å²) in [5.74, 6) is -1.38. The number of esters is 4. The minimum Gasteiger partial charge on any atom is -0.462 e. The van der Waals surface area contributed by atoms with E-state index in [0.717, 1.165) is 102 Å². The fourth-order valence-corrected chi connectivity index (χ4v) is 14.1. The molecular formula is C81H158O17P2. The molecule has 0 aliphatic heterocycles. The molecule has 0 heterocycles. The van der Waals surface area contributed by atoms with Crippen molar-refractivity contribution in [2.45, 2.75) is 451 Å². The summed E-state index contributed by atoms with van der Waals surface area (Å²) >= 11 is 0. The minimum absolute atomic E-state index is 0.107. The smallest absolute Gasteiger partial charge is 0.462 e. The third-order valence-electron chi connectivity index (χ3n) is 19.4. The lowest BCUT2D eigenvalue weighted by Crippen LogP contribution is -2.30. The van der Waals surface area contributed by atoms with Crippen LogP contribution in [-0.4, -0.2) is 96.7 Å². The maximum Gasteiger partial charge on any atom is 0.472 e. The van der Waals surface area contributed by atoms with E-state index in [1.165, 1.54) is 250 Å². The molecule has 0 radical (unpaired) electrons. The molecule has 0 aliphatic carbocycles. The highest BCUT2D eigenvalue weighted by Crippen LogP contribution is 2.45. The van der Waals surface area contributed by atoms with Crippen LogP contribution in [0.1, 0.15) is 433 Å². The van der Waals surface area contributed by atoms with Gasteiger partial charge in [0, 0.05) is 25.7 Å². The maximum atomic E-state index is 13.1. The van der Waals surface area contributed by atoms with Gasteiger partial charge < -0.3 is 33.8 Å². The van der Waals surface area contributed by atoms with Gasteiger partial charge in [-0.25, -0.2) is 9.13 Å². The first kappa shape index (κ1) is 98.1. The van der Waals surface area contributed by atoms with Crippen LogP contribution in [0.25, 0.3) is 0 Å². The number of rotatable bonds is 81. The Labute approximate surface area is 613 Å². The fourth-order valence-electron chi connectivity index (χ4n) is 12.6. The summed E-state index contributed by atoms with van der Waals surface area (Å²) in [6.45, 7) is 7.30. The summed E-state index contributed by atoms with van der Waals surface area (Å²) < 4.78 is 68.7. The van der Waals surface area contributed by atoms with E-state index >= 15 is 0 Å². The van der Waals surface area contributed by atoms with Crippen molar-refractivity contribution >= 4 is 39.5 Å². The van der Waals surface area contributed by atoms with Gasteiger partial charge in [-0.3, -0.25) is 37.3 Å². The van der Waals surface area contributed by atoms with Crippen molar-refractivity contribution in [2.75, 3.05) is 39.6 Å². The average molecular weight is 1470 g/mol. The van der Waals surface area contributed by atoms with E-state index in [1.54, 1.807) is 0 Å². The van der Waals surface area contributed by atoms with Crippen LogP contribution in [0.2, 0.25) is 0 Å². The lowest BCUT2D eigenvalue weighted by atomic mass is 10.00. The number of aliphatic hydroxyl groups is 1. The van der Waals surface area contributed by atoms with E-state index in [2.05, 4.69) is 34.6 Å². The third-order valence-corrected chi connectivity index (χ3v) is 21.3. The Balaban J connectivity index is 5.24. The highest BCUT2D eigenvalue weighted by atomic mass is 31.2. The van der Waals surface area contributed by atoms with Crippen LogP contribution in [0.4, 0.5) is 0 Å². The predicted molar refractivity (Wildman–Crippen MR) is 409 cm³/mol. The van der Waals surface area contributed by atoms with Crippen molar-refractivity contribution in [1.29, 1.82) is 0 Å². The van der Waals surface area contributed by atoms with Crippen LogP contribution in [0.5, 0.6) is 0 Å². The molecule has 0 aromatic heterocycles. The van der Waals surface area contributed by atoms with E-state index in [4.69, 9.17) is 37.0 Å². The summed E-state index contributed by atoms with van der Waals surface area (Å²) in [6.07, 6.45) is 65.2. The molecule has 0 amide bonds. The Kier molecular flexibility index (Phi) is 72.5. The zero-order valence-electron chi connectivity index (χ0n) is 65.3. The molecule has 19 heteroatoms. The number of carbonyl (C=O) groups excluding carboxylic acids is 4. The monoisotopic (exact) mass is 1470 g/mol. The van der Waals surface area contributed by atoms with Crippen molar-refractivity contribution in [1.82, 2.24) is 0 Å². The van der Waals surface area contributed by atoms with E-state index in [0.29, 0.717) is 25.7 Å². The molecule has 594 valence electrons. The van der Waals surface area contributed by atoms with Crippen molar-refractivity contribution < 1.29 is 80.2 Å². The van der Waals surface area contributed by atoms with Crippen LogP contribution in [-0.2, 0) is 65.4 Å². The first-order valence-electron chi connectivity index (χ1n) is 42.2. The molecule has 0 aromatic rings. The summed E-state index contributed by atoms with van der Waals surface area (Å²) in [5, 5.41) is 10.6. The number of phosphoric acid groups is 2. The molecule has 0 aliphatic rings. The quantitative estimate of drug-likeness (QED) is 0.0222. The van der Waals surface area contributed by atoms with Gasteiger partial charge >= 0.3 is 39.5 Å². The van der Waals surface area contributed by atoms with Gasteiger partial charge in [0.25, 0.3) is 0 Å². The Morgan fingerprint density at radius 2 is 0.480 bits per heavy atom. The highest BCUT2D eigenvalue weighted by molar-refractivity contribution is 7.47. The number of phosphoric ester groups is 2. The number of carbonyl (C=O) groups is 4. The van der Waals surface area contributed by atoms with Gasteiger partial charge in [0.1, 0.15) is 19.3 Å². The molecule has 0 fully saturated rings. The van der Waals surface area contributed by atoms with E-state index in [1.807, 2.05) is 0 Å². The van der Waals surface area contributed by atoms with Crippen LogP contribution >= 0.6 is 15.6 Å². The summed E-state index contributed by atoms with van der Waals surface area (Å²) in [4.78, 5) is 73.0. The lowest BCUT2D eigenvalue weighted by Gasteiger charge is -2.21. The van der Waals surface area contributed by atoms with Gasteiger partial charge in [0.05, 0.1) is 26.4 Å². The number of ether oxygens (including phenoxy) is 4. The first-order valence-corrected chi connectivity index (χ1v) is 45.2. The second-order valence-electron chi connectivity index (χ2n) is 29.4. The van der Waals surface area contributed by atoms with Crippen molar-refractivity contribution in [2.24, 2.45) is 5.92 Å². The number of unbranched alkanes of at least 4 members (excludes halogenated alkanes) is 52. The van der Waals surface area contributed by atoms with Gasteiger partial charge in [0.2, 0.25) is 0 Å². The van der Waals surface area contributed by atoms with E-state index in [-0.39, 0.29) is 25.7 Å². The SMILES string of the molecule is CCCCCCCCCCCCCCCCCCCCC(=O)OC[C@H](COP(=O)(O)OC[C@@H](O)COP(=O)(O)OC[C@@H](COC(=O)CCCCCCCCC(C)CC)OC(=O)CCCCCCCCCCCCCCCC)OC(=O)CCCCCCCCCCCCCCCCCCCC. The van der Waals surface area contributed by atoms with Crippen LogP contribution in [0.3, 0.4) is 0 Å². The zero-order chi connectivity index (χ0) is 73.4. The Morgan fingerprint density at radius 1 is 0.280 bits per heavy atom. The average Bonchev–Trinajstić information content (AvgIpc) is 0.953. The molecule has 0 bridgehead atoms. The topological polar surface area (TPSA) is 237 Å². The molecule has 6 atom stereocenters. The molecule has 0 aromatic carbocycles. The predicted octanol–water partition coefficient (Wildman–Crippen LogP) is 24.4. The summed E-state index contributed by atoms with van der Waals surface area (Å²) in [6, 6.07) is 0. The second kappa shape index (κ2) is 73.9. The molecule has 100 heavy (non-hydrogen) atoms. The molecule has 0 rings (SSSR count). The molecule has 3 N–H and O–H groups in total. The van der Waals surface area contributed by atoms with Gasteiger partial charge in [-0.1, -0.05) is 381 Å². The molecule has 0 spiro atoms. The summed E-state index contributed by atoms with van der Waals surface area (Å²) in [7, 11) is -9.92. The van der Waals surface area contributed by atoms with Crippen molar-refractivity contribution in [3.63, 3.8) is 0 Å². The minimum atomic E-state index is -4.96. The largest absolute Gasteiger partial charge is 0.472 e. The normalized spacial score (nSPS) is 14.1. The maximum absolute atomic E-state index is 13.1. The lowest BCUT2D eigenvalue weighted by molar-refractivity contribution is -0.161. The van der Waals surface area contributed by atoms with Crippen molar-refractivity contribution in [3.05, 3.63) is 0 Å². The number of hydrogen-bond donors (Lipinski definition) is 3. The van der Waals surface area contributed by atoms with Gasteiger partial charge in [-0.15, -0.1) is 0 Å². The summed E-state index contributed by atoms with van der Waals surface area (Å²) in [5.41, 5.74) is 0. The van der Waals surface area contributed by atoms with E-state index < -0.39 is 97.5 Å². The van der Waals surface area contributed by atoms with Crippen LogP contribution < -0.4 is 0 Å². The first-order chi connectivity index (χ1) is 48.6. The zero-order valence-corrected chi connectivity index (χ0v) is 67.1. The number of aliphatic hydroxyl groups excluding tert-OH is 1. The standard InChI is InChI=1S/C81H158O17P2/c1-6-10-13-16-19-22-25-28-31-33-35-37-40-42-45-48-54-59-64-78(83)91-70-76(97-80(85)67-62-57-50-47-44-41-38-36-34-32-29-26-23-20-17-14-11-7-2)72-95-99(87,88)93-68-75(82)69-94-100(89,90)96-73-77(71-92-79(84)65-60-55-52-51-53-58-63-74(5)9-4)98-81(86)66-61-56-49-46-43-39-30-27-24-21-18-15-12-8-3/h74-77,82H,6-73H2,1-5H3,(H,87,88)(H,89,90)/t74?,75-,76-,77-/m1/s1. The Morgan fingerprint density at radius 3 is 0.710 bits per heavy atom. The fraction of sp³-hybridized carbons (Fsp3) is 0.951. The molecule has 3 unspecified atom stereocenters. The Hall–Kier alpha value is -1.94. The van der Waals surface area contributed by atoms with Crippen molar-refractivity contribution in [3.8, 4) is 0 Å². The molecule has 0 saturated heterocycles. The molecule has 0 saturated carbocycles. The second-order valence-corrected chi connectivity index (χ2v) is 32.3. The molecular weight excluding hydrogens is 1310 g/mol. The van der Waals surface area contributed by atoms with Gasteiger partial charge in [-0.05, 0) is 31.6 Å². The van der Waals surface area contributed by atoms with Crippen LogP contribution in [0.15, 0.2) is 0 Å². The van der Waals surface area contributed by atoms with Gasteiger partial charge in [-0.2, -0.15) is 0 Å². The number of hydrogen-bond acceptors (Lipinski definition) is 15. The van der Waals surface area contributed by atoms with Gasteiger partial charge in [0.15, 0.2) is 12.2 Å². The van der Waals surface area contributed by atoms with E-state index in [9.17, 15) is 43.2 Å². The highest BCUT2D eigenvalue weighted by Gasteiger charge is 2.30. The van der Waals surface area contributed by atoms with Crippen LogP contribution in [0, 0.1) is 5.92 Å². The Bertz CT molecular complexity index is 1910. The molecule has 17 nitrogen and oxygen atoms in total. The third kappa shape index (κ3) is 73.0.